The van der Waals surface area contributed by atoms with Crippen LogP contribution in [0.3, 0.4) is 0 Å². The molecule has 0 aromatic heterocycles. The lowest BCUT2D eigenvalue weighted by atomic mass is 9.74. The quantitative estimate of drug-likeness (QED) is 0.450. The van der Waals surface area contributed by atoms with Gasteiger partial charge in [-0.25, -0.2) is 0 Å². The van der Waals surface area contributed by atoms with Crippen molar-refractivity contribution in [3.05, 3.63) is 41.5 Å². The van der Waals surface area contributed by atoms with Crippen molar-refractivity contribution in [1.82, 2.24) is 0 Å². The molecular formula is C17H19F3O5S. The third kappa shape index (κ3) is 3.98. The summed E-state index contributed by atoms with van der Waals surface area (Å²) in [4.78, 5) is 0. The highest BCUT2D eigenvalue weighted by Gasteiger charge is 2.48. The van der Waals surface area contributed by atoms with Crippen LogP contribution >= 0.6 is 0 Å². The van der Waals surface area contributed by atoms with E-state index in [-0.39, 0.29) is 23.5 Å². The third-order valence-electron chi connectivity index (χ3n) is 4.10. The number of halogens is 3. The van der Waals surface area contributed by atoms with Crippen molar-refractivity contribution in [2.45, 2.75) is 38.0 Å². The number of benzene rings is 1. The average Bonchev–Trinajstić information content (AvgIpc) is 2.51. The Hall–Kier alpha value is -2.16. The van der Waals surface area contributed by atoms with E-state index in [0.717, 1.165) is 0 Å². The van der Waals surface area contributed by atoms with Crippen LogP contribution in [0.15, 0.2) is 35.9 Å². The fourth-order valence-corrected chi connectivity index (χ4v) is 3.35. The molecule has 9 heteroatoms. The van der Waals surface area contributed by atoms with E-state index < -0.39 is 45.6 Å². The number of phenolic OH excluding ortho intramolecular Hbond substituents is 2. The fourth-order valence-electron chi connectivity index (χ4n) is 2.91. The smallest absolute Gasteiger partial charge is 0.507 e. The Labute approximate surface area is 153 Å². The summed E-state index contributed by atoms with van der Waals surface area (Å²) in [7, 11) is -6.00. The number of rotatable bonds is 4. The maximum Gasteiger partial charge on any atom is 0.534 e. The molecule has 2 N–H and O–H groups in total. The number of alkyl halides is 3. The average molecular weight is 395 g/mol. The van der Waals surface area contributed by atoms with Crippen molar-refractivity contribution in [3.8, 4) is 17.2 Å². The number of hydrogen-bond acceptors (Lipinski definition) is 5. The Morgan fingerprint density at radius 1 is 1.35 bits per heavy atom. The highest BCUT2D eigenvalue weighted by Crippen LogP contribution is 2.47. The van der Waals surface area contributed by atoms with E-state index in [1.165, 1.54) is 6.08 Å². The molecule has 0 saturated carbocycles. The van der Waals surface area contributed by atoms with Gasteiger partial charge in [0.15, 0.2) is 0 Å². The van der Waals surface area contributed by atoms with E-state index in [9.17, 15) is 31.8 Å². The molecule has 1 aromatic carbocycles. The third-order valence-corrected chi connectivity index (χ3v) is 5.08. The SMILES string of the molecule is [2H]C([2H])([2H])C1=C[C@@H](c2c(O)cc(OS(=O)(=O)C(F)(F)F)cc2O)[C@H](C(=C)C)CC1. The molecule has 0 heterocycles. The lowest BCUT2D eigenvalue weighted by Crippen LogP contribution is -2.28. The van der Waals surface area contributed by atoms with Crippen LogP contribution in [-0.4, -0.2) is 24.1 Å². The van der Waals surface area contributed by atoms with Gasteiger partial charge in [0.1, 0.15) is 17.2 Å². The van der Waals surface area contributed by atoms with Crippen LogP contribution in [0, 0.1) is 5.92 Å². The minimum atomic E-state index is -6.00. The molecule has 0 bridgehead atoms. The summed E-state index contributed by atoms with van der Waals surface area (Å²) in [6.07, 6.45) is 1.98. The van der Waals surface area contributed by atoms with Gasteiger partial charge in [0.05, 0.1) is 0 Å². The van der Waals surface area contributed by atoms with Crippen LogP contribution in [0.2, 0.25) is 0 Å². The molecule has 0 amide bonds. The molecule has 0 unspecified atom stereocenters. The van der Waals surface area contributed by atoms with E-state index in [4.69, 9.17) is 4.11 Å². The molecule has 1 aliphatic carbocycles. The molecule has 0 radical (unpaired) electrons. The summed E-state index contributed by atoms with van der Waals surface area (Å²) in [5, 5.41) is 20.6. The molecule has 1 aromatic rings. The first-order valence-corrected chi connectivity index (χ1v) is 8.88. The second-order valence-electron chi connectivity index (χ2n) is 6.07. The van der Waals surface area contributed by atoms with Crippen molar-refractivity contribution >= 4 is 10.1 Å². The first kappa shape index (κ1) is 16.0. The number of phenols is 2. The highest BCUT2D eigenvalue weighted by atomic mass is 32.2. The van der Waals surface area contributed by atoms with Gasteiger partial charge in [-0.15, -0.1) is 0 Å². The molecule has 1 aliphatic rings. The molecule has 0 fully saturated rings. The first-order chi connectivity index (χ1) is 13.0. The minimum Gasteiger partial charge on any atom is -0.507 e. The number of aromatic hydroxyl groups is 2. The Kier molecular flexibility index (Phi) is 4.24. The second-order valence-corrected chi connectivity index (χ2v) is 7.61. The normalized spacial score (nSPS) is 23.4. The van der Waals surface area contributed by atoms with E-state index in [2.05, 4.69) is 10.8 Å². The van der Waals surface area contributed by atoms with Crippen LogP contribution in [-0.2, 0) is 10.1 Å². The van der Waals surface area contributed by atoms with Crippen molar-refractivity contribution in [1.29, 1.82) is 0 Å². The van der Waals surface area contributed by atoms with E-state index in [0.29, 0.717) is 24.1 Å². The van der Waals surface area contributed by atoms with Gasteiger partial charge in [-0.1, -0.05) is 23.8 Å². The summed E-state index contributed by atoms with van der Waals surface area (Å²) in [5.74, 6) is -3.61. The van der Waals surface area contributed by atoms with Crippen LogP contribution in [0.25, 0.3) is 0 Å². The van der Waals surface area contributed by atoms with Crippen molar-refractivity contribution in [2.75, 3.05) is 0 Å². The van der Waals surface area contributed by atoms with Crippen molar-refractivity contribution in [2.24, 2.45) is 5.92 Å². The predicted molar refractivity (Wildman–Crippen MR) is 89.4 cm³/mol. The molecule has 5 nitrogen and oxygen atoms in total. The summed E-state index contributed by atoms with van der Waals surface area (Å²) < 4.78 is 86.3. The Bertz CT molecular complexity index is 929. The van der Waals surface area contributed by atoms with Gasteiger partial charge in [0, 0.05) is 27.7 Å². The van der Waals surface area contributed by atoms with Crippen LogP contribution in [0.5, 0.6) is 17.2 Å². The lowest BCUT2D eigenvalue weighted by molar-refractivity contribution is -0.0500. The molecule has 0 aliphatic heterocycles. The van der Waals surface area contributed by atoms with Gasteiger partial charge in [-0.05, 0) is 32.5 Å². The molecule has 0 spiro atoms. The first-order valence-electron chi connectivity index (χ1n) is 8.98. The van der Waals surface area contributed by atoms with Crippen molar-refractivity contribution < 1.29 is 40.1 Å². The minimum absolute atomic E-state index is 0.110. The van der Waals surface area contributed by atoms with Crippen LogP contribution in [0.1, 0.15) is 42.2 Å². The standard InChI is InChI=1S/C17H19F3O5S/c1-9(2)12-5-4-10(3)6-13(12)16-14(21)7-11(8-15(16)22)25-26(23,24)17(18,19)20/h6-8,12-13,21-22H,1,4-5H2,2-3H3/t12-,13+/m0/s1/i3D3. The summed E-state index contributed by atoms with van der Waals surface area (Å²) >= 11 is 0. The summed E-state index contributed by atoms with van der Waals surface area (Å²) in [6, 6.07) is 1.23. The monoisotopic (exact) mass is 395 g/mol. The van der Waals surface area contributed by atoms with E-state index in [1.54, 1.807) is 6.92 Å². The Morgan fingerprint density at radius 3 is 2.38 bits per heavy atom. The van der Waals surface area contributed by atoms with Crippen LogP contribution in [0.4, 0.5) is 13.2 Å². The highest BCUT2D eigenvalue weighted by molar-refractivity contribution is 7.88. The summed E-state index contributed by atoms with van der Waals surface area (Å²) in [5.41, 5.74) is -5.09. The molecular weight excluding hydrogens is 373 g/mol. The topological polar surface area (TPSA) is 83.8 Å². The van der Waals surface area contributed by atoms with Gasteiger partial charge < -0.3 is 14.4 Å². The van der Waals surface area contributed by atoms with E-state index in [1.807, 2.05) is 0 Å². The zero-order valence-corrected chi connectivity index (χ0v) is 14.5. The number of allylic oxidation sites excluding steroid dienone is 3. The fraction of sp³-hybridized carbons (Fsp3) is 0.412. The molecule has 26 heavy (non-hydrogen) atoms. The lowest BCUT2D eigenvalue weighted by Gasteiger charge is -2.31. The van der Waals surface area contributed by atoms with Crippen LogP contribution < -0.4 is 4.18 Å². The maximum atomic E-state index is 12.5. The molecule has 2 atom stereocenters. The summed E-state index contributed by atoms with van der Waals surface area (Å²) in [6.45, 7) is 3.12. The molecule has 144 valence electrons. The van der Waals surface area contributed by atoms with Gasteiger partial charge in [0.2, 0.25) is 0 Å². The maximum absolute atomic E-state index is 12.5. The van der Waals surface area contributed by atoms with Gasteiger partial charge in [-0.2, -0.15) is 21.6 Å². The Morgan fingerprint density at radius 2 is 1.92 bits per heavy atom. The number of hydrogen-bond donors (Lipinski definition) is 2. The second kappa shape index (κ2) is 6.86. The van der Waals surface area contributed by atoms with Gasteiger partial charge >= 0.3 is 15.6 Å². The zero-order valence-electron chi connectivity index (χ0n) is 16.7. The van der Waals surface area contributed by atoms with Gasteiger partial charge in [-0.3, -0.25) is 0 Å². The largest absolute Gasteiger partial charge is 0.534 e. The predicted octanol–water partition coefficient (Wildman–Crippen LogP) is 4.34. The van der Waals surface area contributed by atoms with E-state index >= 15 is 0 Å². The molecule has 0 saturated heterocycles. The van der Waals surface area contributed by atoms with Gasteiger partial charge in [0.25, 0.3) is 0 Å². The Balaban J connectivity index is 2.54. The molecule has 2 rings (SSSR count). The van der Waals surface area contributed by atoms with Crippen molar-refractivity contribution in [3.63, 3.8) is 0 Å². The zero-order chi connectivity index (χ0) is 22.4.